The molecule has 2 aromatic carbocycles. The predicted octanol–water partition coefficient (Wildman–Crippen LogP) is 3.64. The van der Waals surface area contributed by atoms with Gasteiger partial charge in [-0.3, -0.25) is 4.79 Å². The molecule has 0 unspecified atom stereocenters. The number of halogens is 1. The van der Waals surface area contributed by atoms with Gasteiger partial charge in [0.15, 0.2) is 0 Å². The molecular formula is C20H16BrN5O3S. The number of hydrogen-bond donors (Lipinski definition) is 2. The zero-order valence-corrected chi connectivity index (χ0v) is 18.1. The molecule has 1 amide bonds. The Bertz CT molecular complexity index is 1380. The number of carbonyl (C=O) groups is 1. The largest absolute Gasteiger partial charge is 0.368 e. The lowest BCUT2D eigenvalue weighted by atomic mass is 10.1. The van der Waals surface area contributed by atoms with Crippen LogP contribution >= 0.6 is 15.9 Å². The van der Waals surface area contributed by atoms with Crippen LogP contribution < -0.4 is 11.1 Å². The molecule has 0 atom stereocenters. The Morgan fingerprint density at radius 1 is 1.13 bits per heavy atom. The van der Waals surface area contributed by atoms with Gasteiger partial charge in [0.1, 0.15) is 0 Å². The van der Waals surface area contributed by atoms with Gasteiger partial charge in [-0.05, 0) is 48.5 Å². The monoisotopic (exact) mass is 485 g/mol. The summed E-state index contributed by atoms with van der Waals surface area (Å²) in [4.78, 5) is 19.4. The number of nitrogens with one attached hydrogen (secondary N) is 1. The second-order valence-electron chi connectivity index (χ2n) is 6.51. The molecule has 30 heavy (non-hydrogen) atoms. The van der Waals surface area contributed by atoms with Gasteiger partial charge in [-0.25, -0.2) is 22.4 Å². The maximum atomic E-state index is 13.4. The Morgan fingerprint density at radius 3 is 2.53 bits per heavy atom. The van der Waals surface area contributed by atoms with E-state index in [0.717, 1.165) is 4.47 Å². The first-order chi connectivity index (χ1) is 14.3. The Hall–Kier alpha value is -3.24. The molecule has 152 valence electrons. The standard InChI is InChI=1S/C20H16BrN5O3S/c1-12(27)24-14-3-5-15(6-4-14)30(28,29)26-11-17(18-8-9-23-20(22)25-18)16-10-13(21)2-7-19(16)26/h2-11H,1H3,(H,24,27)(H2,22,23,25). The number of anilines is 2. The molecule has 8 nitrogen and oxygen atoms in total. The number of aromatic nitrogens is 3. The number of fused-ring (bicyclic) bond motifs is 1. The third kappa shape index (κ3) is 3.66. The van der Waals surface area contributed by atoms with E-state index in [4.69, 9.17) is 5.73 Å². The van der Waals surface area contributed by atoms with Crippen molar-refractivity contribution >= 4 is 54.4 Å². The summed E-state index contributed by atoms with van der Waals surface area (Å²) in [6.07, 6.45) is 3.05. The zero-order chi connectivity index (χ0) is 21.5. The summed E-state index contributed by atoms with van der Waals surface area (Å²) in [5.74, 6) is -0.138. The van der Waals surface area contributed by atoms with Crippen LogP contribution in [0.25, 0.3) is 22.2 Å². The fourth-order valence-electron chi connectivity index (χ4n) is 3.13. The fourth-order valence-corrected chi connectivity index (χ4v) is 4.86. The van der Waals surface area contributed by atoms with Crippen LogP contribution in [0.15, 0.2) is 70.3 Å². The number of benzene rings is 2. The summed E-state index contributed by atoms with van der Waals surface area (Å²) in [6.45, 7) is 1.39. The molecular weight excluding hydrogens is 470 g/mol. The van der Waals surface area contributed by atoms with E-state index >= 15 is 0 Å². The third-order valence-corrected chi connectivity index (χ3v) is 6.60. The molecule has 3 N–H and O–H groups in total. The van der Waals surface area contributed by atoms with Crippen molar-refractivity contribution in [1.29, 1.82) is 0 Å². The molecule has 0 saturated carbocycles. The van der Waals surface area contributed by atoms with Crippen molar-refractivity contribution in [3.05, 3.63) is 65.4 Å². The Balaban J connectivity index is 1.89. The Morgan fingerprint density at radius 2 is 1.87 bits per heavy atom. The van der Waals surface area contributed by atoms with Crippen LogP contribution in [0.2, 0.25) is 0 Å². The molecule has 0 saturated heterocycles. The van der Waals surface area contributed by atoms with E-state index in [1.807, 2.05) is 6.07 Å². The lowest BCUT2D eigenvalue weighted by Gasteiger charge is -2.09. The molecule has 0 bridgehead atoms. The number of nitrogens with zero attached hydrogens (tertiary/aromatic N) is 3. The number of carbonyl (C=O) groups excluding carboxylic acids is 1. The summed E-state index contributed by atoms with van der Waals surface area (Å²) < 4.78 is 28.8. The van der Waals surface area contributed by atoms with Gasteiger partial charge in [0, 0.05) is 40.4 Å². The highest BCUT2D eigenvalue weighted by Gasteiger charge is 2.22. The second kappa shape index (κ2) is 7.54. The number of hydrogen-bond acceptors (Lipinski definition) is 6. The molecule has 10 heteroatoms. The molecule has 2 aromatic heterocycles. The summed E-state index contributed by atoms with van der Waals surface area (Å²) in [5, 5.41) is 3.31. The SMILES string of the molecule is CC(=O)Nc1ccc(S(=O)(=O)n2cc(-c3ccnc(N)n3)c3cc(Br)ccc32)cc1. The lowest BCUT2D eigenvalue weighted by Crippen LogP contribution is -2.12. The van der Waals surface area contributed by atoms with Crippen LogP contribution in [0.4, 0.5) is 11.6 Å². The van der Waals surface area contributed by atoms with Gasteiger partial charge in [0.25, 0.3) is 10.0 Å². The minimum absolute atomic E-state index is 0.0881. The molecule has 0 fully saturated rings. The molecule has 2 heterocycles. The highest BCUT2D eigenvalue weighted by atomic mass is 79.9. The molecule has 0 aliphatic heterocycles. The van der Waals surface area contributed by atoms with Crippen LogP contribution in [0.5, 0.6) is 0 Å². The zero-order valence-electron chi connectivity index (χ0n) is 15.7. The van der Waals surface area contributed by atoms with E-state index in [9.17, 15) is 13.2 Å². The Labute approximate surface area is 180 Å². The minimum Gasteiger partial charge on any atom is -0.368 e. The summed E-state index contributed by atoms with van der Waals surface area (Å²) >= 11 is 3.44. The van der Waals surface area contributed by atoms with Gasteiger partial charge >= 0.3 is 0 Å². The first kappa shape index (κ1) is 20.0. The highest BCUT2D eigenvalue weighted by molar-refractivity contribution is 9.10. The lowest BCUT2D eigenvalue weighted by molar-refractivity contribution is -0.114. The van der Waals surface area contributed by atoms with Gasteiger partial charge in [-0.1, -0.05) is 15.9 Å². The molecule has 0 radical (unpaired) electrons. The average molecular weight is 486 g/mol. The first-order valence-electron chi connectivity index (χ1n) is 8.78. The van der Waals surface area contributed by atoms with Gasteiger partial charge in [-0.15, -0.1) is 0 Å². The van der Waals surface area contributed by atoms with E-state index in [2.05, 4.69) is 31.2 Å². The van der Waals surface area contributed by atoms with Crippen molar-refractivity contribution in [2.75, 3.05) is 11.1 Å². The number of rotatable bonds is 4. The number of nitrogen functional groups attached to an aromatic ring is 1. The van der Waals surface area contributed by atoms with Crippen LogP contribution in [0.3, 0.4) is 0 Å². The summed E-state index contributed by atoms with van der Waals surface area (Å²) in [7, 11) is -3.91. The van der Waals surface area contributed by atoms with Crippen molar-refractivity contribution < 1.29 is 13.2 Å². The topological polar surface area (TPSA) is 120 Å². The third-order valence-electron chi connectivity index (χ3n) is 4.41. The average Bonchev–Trinajstić information content (AvgIpc) is 3.07. The van der Waals surface area contributed by atoms with Gasteiger partial charge in [-0.2, -0.15) is 0 Å². The van der Waals surface area contributed by atoms with E-state index in [1.54, 1.807) is 30.3 Å². The highest BCUT2D eigenvalue weighted by Crippen LogP contribution is 2.34. The second-order valence-corrected chi connectivity index (χ2v) is 9.24. The molecule has 0 spiro atoms. The molecule has 0 aliphatic rings. The smallest absolute Gasteiger partial charge is 0.268 e. The predicted molar refractivity (Wildman–Crippen MR) is 118 cm³/mol. The van der Waals surface area contributed by atoms with Crippen LogP contribution in [-0.4, -0.2) is 28.3 Å². The maximum Gasteiger partial charge on any atom is 0.268 e. The van der Waals surface area contributed by atoms with E-state index in [-0.39, 0.29) is 16.8 Å². The first-order valence-corrected chi connectivity index (χ1v) is 11.0. The van der Waals surface area contributed by atoms with Crippen LogP contribution in [-0.2, 0) is 14.8 Å². The van der Waals surface area contributed by atoms with E-state index in [0.29, 0.717) is 27.8 Å². The van der Waals surface area contributed by atoms with Gasteiger partial charge in [0.05, 0.1) is 16.1 Å². The van der Waals surface area contributed by atoms with Crippen LogP contribution in [0, 0.1) is 0 Å². The molecule has 0 aliphatic carbocycles. The van der Waals surface area contributed by atoms with Crippen molar-refractivity contribution in [3.8, 4) is 11.3 Å². The normalized spacial score (nSPS) is 11.5. The Kier molecular flexibility index (Phi) is 5.04. The van der Waals surface area contributed by atoms with Crippen molar-refractivity contribution in [3.63, 3.8) is 0 Å². The quantitative estimate of drug-likeness (QED) is 0.455. The molecule has 4 aromatic rings. The van der Waals surface area contributed by atoms with Crippen molar-refractivity contribution in [2.45, 2.75) is 11.8 Å². The summed E-state index contributed by atoms with van der Waals surface area (Å²) in [5.41, 5.74) is 7.85. The van der Waals surface area contributed by atoms with Crippen molar-refractivity contribution in [2.24, 2.45) is 0 Å². The van der Waals surface area contributed by atoms with E-state index < -0.39 is 10.0 Å². The van der Waals surface area contributed by atoms with Gasteiger partial charge < -0.3 is 11.1 Å². The van der Waals surface area contributed by atoms with Gasteiger partial charge in [0.2, 0.25) is 11.9 Å². The summed E-state index contributed by atoms with van der Waals surface area (Å²) in [6, 6.07) is 13.0. The number of amides is 1. The van der Waals surface area contributed by atoms with E-state index in [1.165, 1.54) is 35.4 Å². The fraction of sp³-hybridized carbons (Fsp3) is 0.0500. The minimum atomic E-state index is -3.91. The van der Waals surface area contributed by atoms with Crippen molar-refractivity contribution in [1.82, 2.24) is 13.9 Å². The number of nitrogens with two attached hydrogens (primary N) is 1. The molecule has 4 rings (SSSR count). The van der Waals surface area contributed by atoms with Crippen LogP contribution in [0.1, 0.15) is 6.92 Å². The maximum absolute atomic E-state index is 13.4.